The fraction of sp³-hybridized carbons (Fsp3) is 0.400. The number of fused-ring (bicyclic) bond motifs is 1. The van der Waals surface area contributed by atoms with Gasteiger partial charge in [-0.25, -0.2) is 0 Å². The molecule has 2 aromatic heterocycles. The fourth-order valence-corrected chi connectivity index (χ4v) is 3.15. The number of nitrogens with zero attached hydrogens (tertiary/aromatic N) is 4. The van der Waals surface area contributed by atoms with Crippen molar-refractivity contribution in [1.29, 1.82) is 0 Å². The monoisotopic (exact) mass is 281 g/mol. The average molecular weight is 281 g/mol. The number of rotatable bonds is 3. The molecule has 0 saturated carbocycles. The molecule has 100 valence electrons. The molecule has 8 nitrogen and oxygen atoms in total. The van der Waals surface area contributed by atoms with Crippen molar-refractivity contribution in [3.63, 3.8) is 0 Å². The Balaban J connectivity index is 2.14. The number of nitrogens with two attached hydrogens (primary N) is 1. The van der Waals surface area contributed by atoms with Crippen molar-refractivity contribution in [2.75, 3.05) is 11.4 Å². The minimum absolute atomic E-state index is 0.107. The van der Waals surface area contributed by atoms with Crippen molar-refractivity contribution in [2.24, 2.45) is 5.73 Å². The van der Waals surface area contributed by atoms with Gasteiger partial charge >= 0.3 is 5.82 Å². The normalized spacial score (nSPS) is 19.2. The molecule has 1 saturated heterocycles. The number of hydrogen-bond acceptors (Lipinski definition) is 6. The third-order valence-electron chi connectivity index (χ3n) is 3.25. The summed E-state index contributed by atoms with van der Waals surface area (Å²) in [5, 5.41) is 13.0. The molecule has 1 aliphatic rings. The molecule has 1 atom stereocenters. The van der Waals surface area contributed by atoms with Gasteiger partial charge in [-0.3, -0.25) is 4.79 Å². The van der Waals surface area contributed by atoms with Gasteiger partial charge in [0.1, 0.15) is 12.2 Å². The highest BCUT2D eigenvalue weighted by molar-refractivity contribution is 7.15. The van der Waals surface area contributed by atoms with Crippen LogP contribution in [0, 0.1) is 10.1 Å². The number of anilines is 1. The first kappa shape index (κ1) is 11.9. The summed E-state index contributed by atoms with van der Waals surface area (Å²) >= 11 is 1.31. The maximum atomic E-state index is 11.4. The van der Waals surface area contributed by atoms with Gasteiger partial charge in [0, 0.05) is 11.9 Å². The van der Waals surface area contributed by atoms with Crippen molar-refractivity contribution in [3.8, 4) is 0 Å². The van der Waals surface area contributed by atoms with Crippen molar-refractivity contribution in [3.05, 3.63) is 21.7 Å². The topological polar surface area (TPSA) is 107 Å². The molecular formula is C10H11N5O3S. The number of primary amides is 1. The lowest BCUT2D eigenvalue weighted by molar-refractivity contribution is -0.389. The SMILES string of the molecule is NC(=O)C1CCCN1c1nc2sccn2c1[N+](=O)[O-]. The highest BCUT2D eigenvalue weighted by Crippen LogP contribution is 2.34. The van der Waals surface area contributed by atoms with Gasteiger partial charge in [-0.2, -0.15) is 9.38 Å². The van der Waals surface area contributed by atoms with Crippen LogP contribution in [0.3, 0.4) is 0 Å². The molecule has 1 unspecified atom stereocenters. The first-order chi connectivity index (χ1) is 9.09. The lowest BCUT2D eigenvalue weighted by Gasteiger charge is -2.20. The molecule has 9 heteroatoms. The summed E-state index contributed by atoms with van der Waals surface area (Å²) < 4.78 is 1.43. The number of hydrogen-bond donors (Lipinski definition) is 1. The van der Waals surface area contributed by atoms with Gasteiger partial charge in [0.15, 0.2) is 0 Å². The van der Waals surface area contributed by atoms with E-state index in [0.29, 0.717) is 17.9 Å². The second-order valence-corrected chi connectivity index (χ2v) is 5.20. The number of aromatic nitrogens is 2. The van der Waals surface area contributed by atoms with Crippen molar-refractivity contribution in [2.45, 2.75) is 18.9 Å². The zero-order valence-corrected chi connectivity index (χ0v) is 10.7. The summed E-state index contributed by atoms with van der Waals surface area (Å²) in [4.78, 5) is 28.6. The molecule has 0 radical (unpaired) electrons. The lowest BCUT2D eigenvalue weighted by atomic mass is 10.2. The number of thiazole rings is 1. The number of nitro groups is 1. The third-order valence-corrected chi connectivity index (χ3v) is 4.00. The highest BCUT2D eigenvalue weighted by Gasteiger charge is 2.36. The van der Waals surface area contributed by atoms with E-state index in [2.05, 4.69) is 4.98 Å². The van der Waals surface area contributed by atoms with Gasteiger partial charge in [-0.15, -0.1) is 0 Å². The molecule has 0 aliphatic carbocycles. The van der Waals surface area contributed by atoms with Crippen molar-refractivity contribution >= 4 is 33.8 Å². The number of carbonyl (C=O) groups is 1. The van der Waals surface area contributed by atoms with E-state index in [1.54, 1.807) is 16.5 Å². The number of imidazole rings is 1. The summed E-state index contributed by atoms with van der Waals surface area (Å²) in [6.07, 6.45) is 2.98. The van der Waals surface area contributed by atoms with Gasteiger partial charge in [-0.1, -0.05) is 11.3 Å². The van der Waals surface area contributed by atoms with Crippen LogP contribution in [0.2, 0.25) is 0 Å². The van der Waals surface area contributed by atoms with Gasteiger partial charge in [0.05, 0.1) is 0 Å². The summed E-state index contributed by atoms with van der Waals surface area (Å²) in [5.41, 5.74) is 5.34. The van der Waals surface area contributed by atoms with E-state index in [4.69, 9.17) is 5.73 Å². The second-order valence-electron chi connectivity index (χ2n) is 4.33. The van der Waals surface area contributed by atoms with Crippen LogP contribution in [0.15, 0.2) is 11.6 Å². The first-order valence-corrected chi connectivity index (χ1v) is 6.63. The number of carbonyl (C=O) groups excluding carboxylic acids is 1. The van der Waals surface area contributed by atoms with Gasteiger partial charge < -0.3 is 20.7 Å². The second kappa shape index (κ2) is 4.19. The van der Waals surface area contributed by atoms with Gasteiger partial charge in [-0.05, 0) is 17.8 Å². The molecule has 0 spiro atoms. The van der Waals surface area contributed by atoms with Crippen LogP contribution >= 0.6 is 11.3 Å². The Morgan fingerprint density at radius 1 is 1.63 bits per heavy atom. The van der Waals surface area contributed by atoms with Crippen LogP contribution in [0.5, 0.6) is 0 Å². The minimum Gasteiger partial charge on any atom is -0.368 e. The minimum atomic E-state index is -0.511. The van der Waals surface area contributed by atoms with E-state index in [0.717, 1.165) is 6.42 Å². The Hall–Kier alpha value is -2.16. The molecule has 1 amide bonds. The van der Waals surface area contributed by atoms with Gasteiger partial charge in [0.2, 0.25) is 11.7 Å². The number of amides is 1. The van der Waals surface area contributed by atoms with Crippen LogP contribution in [-0.2, 0) is 4.79 Å². The quantitative estimate of drug-likeness (QED) is 0.660. The van der Waals surface area contributed by atoms with Crippen LogP contribution < -0.4 is 10.6 Å². The van der Waals surface area contributed by atoms with E-state index in [9.17, 15) is 14.9 Å². The van der Waals surface area contributed by atoms with Crippen LogP contribution in [0.1, 0.15) is 12.8 Å². The average Bonchev–Trinajstić information content (AvgIpc) is 3.01. The zero-order chi connectivity index (χ0) is 13.6. The molecule has 19 heavy (non-hydrogen) atoms. The Kier molecular flexibility index (Phi) is 2.63. The zero-order valence-electron chi connectivity index (χ0n) is 9.85. The van der Waals surface area contributed by atoms with E-state index in [1.165, 1.54) is 15.7 Å². The first-order valence-electron chi connectivity index (χ1n) is 5.75. The summed E-state index contributed by atoms with van der Waals surface area (Å²) in [6.45, 7) is 0.555. The Bertz CT molecular complexity index is 663. The molecule has 1 aliphatic heterocycles. The molecule has 0 bridgehead atoms. The fourth-order valence-electron chi connectivity index (χ4n) is 2.44. The predicted molar refractivity (Wildman–Crippen MR) is 69.3 cm³/mol. The molecule has 0 aromatic carbocycles. The van der Waals surface area contributed by atoms with E-state index in [-0.39, 0.29) is 11.6 Å². The maximum absolute atomic E-state index is 11.4. The Morgan fingerprint density at radius 2 is 2.42 bits per heavy atom. The van der Waals surface area contributed by atoms with Crippen molar-refractivity contribution in [1.82, 2.24) is 9.38 Å². The van der Waals surface area contributed by atoms with E-state index < -0.39 is 16.9 Å². The molecular weight excluding hydrogens is 270 g/mol. The van der Waals surface area contributed by atoms with Crippen LogP contribution in [-0.4, -0.2) is 32.8 Å². The largest absolute Gasteiger partial charge is 0.373 e. The van der Waals surface area contributed by atoms with Gasteiger partial charge in [0.25, 0.3) is 4.96 Å². The third kappa shape index (κ3) is 1.73. The predicted octanol–water partition coefficient (Wildman–Crippen LogP) is 0.758. The van der Waals surface area contributed by atoms with E-state index in [1.807, 2.05) is 0 Å². The standard InChI is InChI=1S/C10H11N5O3S/c11-7(16)6-2-1-3-13(6)8-9(15(17)18)14-4-5-19-10(14)12-8/h4-6H,1-3H2,(H2,11,16). The smallest absolute Gasteiger partial charge is 0.368 e. The molecule has 1 fully saturated rings. The van der Waals surface area contributed by atoms with Crippen LogP contribution in [0.4, 0.5) is 11.6 Å². The molecule has 3 rings (SSSR count). The molecule has 3 heterocycles. The summed E-state index contributed by atoms with van der Waals surface area (Å²) in [5.74, 6) is -0.342. The van der Waals surface area contributed by atoms with Crippen LogP contribution in [0.25, 0.3) is 4.96 Å². The molecule has 2 N–H and O–H groups in total. The lowest BCUT2D eigenvalue weighted by Crippen LogP contribution is -2.40. The van der Waals surface area contributed by atoms with Crippen molar-refractivity contribution < 1.29 is 9.72 Å². The summed E-state index contributed by atoms with van der Waals surface area (Å²) in [6, 6.07) is -0.511. The van der Waals surface area contributed by atoms with E-state index >= 15 is 0 Å². The maximum Gasteiger partial charge on any atom is 0.373 e. The highest BCUT2D eigenvalue weighted by atomic mass is 32.1. The Labute approximate surface area is 111 Å². The summed E-state index contributed by atoms with van der Waals surface area (Å²) in [7, 11) is 0. The Morgan fingerprint density at radius 3 is 3.11 bits per heavy atom. The molecule has 2 aromatic rings.